The van der Waals surface area contributed by atoms with E-state index in [1.165, 1.54) is 90.6 Å². The predicted octanol–water partition coefficient (Wildman–Crippen LogP) is 4.12. The van der Waals surface area contributed by atoms with Crippen LogP contribution in [0.2, 0.25) is 0 Å². The zero-order chi connectivity index (χ0) is 25.9. The Morgan fingerprint density at radius 3 is 1.69 bits per heavy atom. The summed E-state index contributed by atoms with van der Waals surface area (Å²) in [6.07, 6.45) is 15.6. The van der Waals surface area contributed by atoms with Gasteiger partial charge in [0, 0.05) is 7.11 Å². The predicted molar refractivity (Wildman–Crippen MR) is 137 cm³/mol. The molecule has 1 aliphatic rings. The maximum absolute atomic E-state index is 11.3. The van der Waals surface area contributed by atoms with Crippen molar-refractivity contribution < 1.29 is 36.8 Å². The number of ether oxygens (including phenoxy) is 2. The van der Waals surface area contributed by atoms with E-state index in [4.69, 9.17) is 18.2 Å². The summed E-state index contributed by atoms with van der Waals surface area (Å²) in [6, 6.07) is -0.823. The average Bonchev–Trinajstić information content (AvgIpc) is 2.82. The highest BCUT2D eigenvalue weighted by Gasteiger charge is 2.47. The van der Waals surface area contributed by atoms with Crippen LogP contribution in [-0.2, 0) is 24.1 Å². The minimum atomic E-state index is -4.81. The molecule has 0 aromatic rings. The molecule has 35 heavy (non-hydrogen) atoms. The molecular formula is C25H51NO8S. The monoisotopic (exact) mass is 525 g/mol. The SMILES string of the molecule is CCCCCCCCCCCCCCCCCCN[C@H]1C(OC)O[C@H](CO)[C@H](O)[C@@H]1OS(=O)(=O)O. The molecule has 1 fully saturated rings. The zero-order valence-electron chi connectivity index (χ0n) is 21.9. The molecule has 1 aliphatic heterocycles. The van der Waals surface area contributed by atoms with Crippen LogP contribution in [0.4, 0.5) is 0 Å². The average molecular weight is 526 g/mol. The zero-order valence-corrected chi connectivity index (χ0v) is 22.7. The summed E-state index contributed by atoms with van der Waals surface area (Å²) in [5.74, 6) is 0. The Kier molecular flexibility index (Phi) is 18.4. The van der Waals surface area contributed by atoms with Crippen LogP contribution in [0.1, 0.15) is 110 Å². The van der Waals surface area contributed by atoms with Crippen LogP contribution in [-0.4, -0.2) is 74.1 Å². The lowest BCUT2D eigenvalue weighted by atomic mass is 9.97. The number of rotatable bonds is 22. The molecule has 0 aliphatic carbocycles. The molecule has 0 spiro atoms. The Bertz CT molecular complexity index is 606. The van der Waals surface area contributed by atoms with Gasteiger partial charge < -0.3 is 25.0 Å². The van der Waals surface area contributed by atoms with Gasteiger partial charge >= 0.3 is 10.4 Å². The molecule has 1 unspecified atom stereocenters. The number of hydrogen-bond donors (Lipinski definition) is 4. The maximum Gasteiger partial charge on any atom is 0.397 e. The molecule has 5 atom stereocenters. The fourth-order valence-electron chi connectivity index (χ4n) is 4.68. The molecule has 210 valence electrons. The van der Waals surface area contributed by atoms with Crippen molar-refractivity contribution in [1.29, 1.82) is 0 Å². The summed E-state index contributed by atoms with van der Waals surface area (Å²) in [4.78, 5) is 0. The van der Waals surface area contributed by atoms with Gasteiger partial charge in [-0.1, -0.05) is 103 Å². The molecule has 1 saturated heterocycles. The Morgan fingerprint density at radius 1 is 0.829 bits per heavy atom. The van der Waals surface area contributed by atoms with E-state index in [1.54, 1.807) is 0 Å². The van der Waals surface area contributed by atoms with Crippen LogP contribution < -0.4 is 5.32 Å². The lowest BCUT2D eigenvalue weighted by molar-refractivity contribution is -0.259. The van der Waals surface area contributed by atoms with Crippen molar-refractivity contribution in [3.05, 3.63) is 0 Å². The van der Waals surface area contributed by atoms with Gasteiger partial charge in [0.2, 0.25) is 0 Å². The van der Waals surface area contributed by atoms with E-state index in [0.29, 0.717) is 6.54 Å². The number of aliphatic hydroxyl groups excluding tert-OH is 2. The minimum Gasteiger partial charge on any atom is -0.394 e. The fraction of sp³-hybridized carbons (Fsp3) is 1.00. The molecule has 0 bridgehead atoms. The Morgan fingerprint density at radius 2 is 1.29 bits per heavy atom. The van der Waals surface area contributed by atoms with Crippen molar-refractivity contribution in [2.45, 2.75) is 140 Å². The van der Waals surface area contributed by atoms with Crippen LogP contribution in [0.5, 0.6) is 0 Å². The van der Waals surface area contributed by atoms with Gasteiger partial charge in [-0.05, 0) is 13.0 Å². The van der Waals surface area contributed by atoms with Gasteiger partial charge in [-0.2, -0.15) is 8.42 Å². The van der Waals surface area contributed by atoms with Crippen LogP contribution in [0.3, 0.4) is 0 Å². The highest BCUT2D eigenvalue weighted by Crippen LogP contribution is 2.25. The smallest absolute Gasteiger partial charge is 0.394 e. The van der Waals surface area contributed by atoms with Crippen LogP contribution in [0.15, 0.2) is 0 Å². The highest BCUT2D eigenvalue weighted by atomic mass is 32.3. The molecule has 1 heterocycles. The number of unbranched alkanes of at least 4 members (excludes halogenated alkanes) is 15. The third-order valence-corrected chi connectivity index (χ3v) is 7.19. The third-order valence-electron chi connectivity index (χ3n) is 6.73. The maximum atomic E-state index is 11.3. The summed E-state index contributed by atoms with van der Waals surface area (Å²) in [5.41, 5.74) is 0. The van der Waals surface area contributed by atoms with Gasteiger partial charge in [-0.3, -0.25) is 4.55 Å². The van der Waals surface area contributed by atoms with Gasteiger partial charge in [0.1, 0.15) is 18.3 Å². The molecule has 0 aromatic heterocycles. The van der Waals surface area contributed by atoms with E-state index in [1.807, 2.05) is 0 Å². The van der Waals surface area contributed by atoms with Gasteiger partial charge in [0.25, 0.3) is 0 Å². The Labute approximate surface area is 213 Å². The second kappa shape index (κ2) is 19.7. The summed E-state index contributed by atoms with van der Waals surface area (Å²) >= 11 is 0. The standard InChI is InChI=1S/C25H51NO8S/c1-3-4-5-6-7-8-9-10-11-12-13-14-15-16-17-18-19-26-22-24(34-35(29,30)31)23(28)21(20-27)33-25(22)32-2/h21-28H,3-20H2,1-2H3,(H,29,30,31)/t21-,22-,23+,24-,25?/m1/s1. The summed E-state index contributed by atoms with van der Waals surface area (Å²) < 4.78 is 47.1. The second-order valence-corrected chi connectivity index (χ2v) is 10.8. The Hall–Kier alpha value is -0.330. The summed E-state index contributed by atoms with van der Waals surface area (Å²) in [5, 5.41) is 22.8. The molecular weight excluding hydrogens is 474 g/mol. The molecule has 0 amide bonds. The van der Waals surface area contributed by atoms with Gasteiger partial charge in [-0.25, -0.2) is 4.18 Å². The Balaban J connectivity index is 2.13. The van der Waals surface area contributed by atoms with E-state index in [9.17, 15) is 18.6 Å². The van der Waals surface area contributed by atoms with E-state index in [0.717, 1.165) is 19.3 Å². The molecule has 0 radical (unpaired) electrons. The lowest BCUT2D eigenvalue weighted by Gasteiger charge is -2.43. The van der Waals surface area contributed by atoms with Crippen LogP contribution in [0, 0.1) is 0 Å². The molecule has 0 saturated carbocycles. The molecule has 0 aromatic carbocycles. The van der Waals surface area contributed by atoms with E-state index in [-0.39, 0.29) is 0 Å². The first-order valence-corrected chi connectivity index (χ1v) is 15.1. The molecule has 4 N–H and O–H groups in total. The van der Waals surface area contributed by atoms with Crippen LogP contribution in [0.25, 0.3) is 0 Å². The van der Waals surface area contributed by atoms with Crippen molar-refractivity contribution in [3.8, 4) is 0 Å². The first-order chi connectivity index (χ1) is 16.8. The first kappa shape index (κ1) is 32.7. The lowest BCUT2D eigenvalue weighted by Crippen LogP contribution is -2.64. The van der Waals surface area contributed by atoms with Crippen molar-refractivity contribution in [2.75, 3.05) is 20.3 Å². The quantitative estimate of drug-likeness (QED) is 0.122. The van der Waals surface area contributed by atoms with Gasteiger partial charge in [0.05, 0.1) is 12.6 Å². The number of nitrogens with one attached hydrogen (secondary N) is 1. The van der Waals surface area contributed by atoms with Gasteiger partial charge in [0.15, 0.2) is 6.29 Å². The number of methoxy groups -OCH3 is 1. The van der Waals surface area contributed by atoms with Crippen molar-refractivity contribution in [2.24, 2.45) is 0 Å². The normalized spacial score (nSPS) is 25.2. The fourth-order valence-corrected chi connectivity index (χ4v) is 5.20. The van der Waals surface area contributed by atoms with E-state index >= 15 is 0 Å². The number of hydrogen-bond acceptors (Lipinski definition) is 8. The van der Waals surface area contributed by atoms with Crippen molar-refractivity contribution in [3.63, 3.8) is 0 Å². The van der Waals surface area contributed by atoms with Gasteiger partial charge in [-0.15, -0.1) is 0 Å². The number of aliphatic hydroxyl groups is 2. The largest absolute Gasteiger partial charge is 0.397 e. The van der Waals surface area contributed by atoms with E-state index in [2.05, 4.69) is 12.2 Å². The topological polar surface area (TPSA) is 135 Å². The van der Waals surface area contributed by atoms with Crippen molar-refractivity contribution in [1.82, 2.24) is 5.32 Å². The summed E-state index contributed by atoms with van der Waals surface area (Å²) in [6.45, 7) is 2.26. The molecule has 1 rings (SSSR count). The summed E-state index contributed by atoms with van der Waals surface area (Å²) in [7, 11) is -3.43. The molecule has 9 nitrogen and oxygen atoms in total. The van der Waals surface area contributed by atoms with Crippen LogP contribution >= 0.6 is 0 Å². The highest BCUT2D eigenvalue weighted by molar-refractivity contribution is 7.80. The third kappa shape index (κ3) is 14.9. The van der Waals surface area contributed by atoms with E-state index < -0.39 is 47.6 Å². The van der Waals surface area contributed by atoms with Crippen molar-refractivity contribution >= 4 is 10.4 Å². The first-order valence-electron chi connectivity index (χ1n) is 13.7. The minimum absolute atomic E-state index is 0.543. The second-order valence-electron chi connectivity index (χ2n) is 9.72. The molecule has 10 heteroatoms.